The van der Waals surface area contributed by atoms with Crippen LogP contribution in [-0.4, -0.2) is 52.4 Å². The van der Waals surface area contributed by atoms with Crippen molar-refractivity contribution >= 4 is 0 Å². The minimum absolute atomic E-state index is 0.153. The van der Waals surface area contributed by atoms with Crippen LogP contribution in [0.2, 0.25) is 0 Å². The van der Waals surface area contributed by atoms with Gasteiger partial charge in [0.25, 0.3) is 0 Å². The zero-order valence-corrected chi connectivity index (χ0v) is 8.87. The summed E-state index contributed by atoms with van der Waals surface area (Å²) in [6.07, 6.45) is 1.09. The SMILES string of the molecule is CC1COCCCOCCOCCO1. The van der Waals surface area contributed by atoms with Gasteiger partial charge < -0.3 is 18.9 Å². The van der Waals surface area contributed by atoms with Gasteiger partial charge in [0, 0.05) is 13.2 Å². The van der Waals surface area contributed by atoms with Crippen LogP contribution in [0.4, 0.5) is 0 Å². The molecule has 0 aromatic carbocycles. The number of hydrogen-bond donors (Lipinski definition) is 0. The second-order valence-corrected chi connectivity index (χ2v) is 3.33. The molecule has 0 aromatic heterocycles. The number of ether oxygens (including phenoxy) is 4. The summed E-state index contributed by atoms with van der Waals surface area (Å²) in [4.78, 5) is 0. The highest BCUT2D eigenvalue weighted by molar-refractivity contribution is 4.48. The molecule has 1 fully saturated rings. The maximum Gasteiger partial charge on any atom is 0.0781 e. The summed E-state index contributed by atoms with van der Waals surface area (Å²) in [6, 6.07) is 0. The van der Waals surface area contributed by atoms with Gasteiger partial charge in [0.1, 0.15) is 0 Å². The normalized spacial score (nSPS) is 28.5. The second kappa shape index (κ2) is 8.17. The fraction of sp³-hybridized carbons (Fsp3) is 1.00. The topological polar surface area (TPSA) is 36.9 Å². The van der Waals surface area contributed by atoms with Crippen LogP contribution >= 0.6 is 0 Å². The predicted octanol–water partition coefficient (Wildman–Crippen LogP) is 0.845. The van der Waals surface area contributed by atoms with Crippen molar-refractivity contribution in [2.75, 3.05) is 46.2 Å². The molecule has 1 saturated heterocycles. The van der Waals surface area contributed by atoms with E-state index in [9.17, 15) is 0 Å². The minimum Gasteiger partial charge on any atom is -0.379 e. The van der Waals surface area contributed by atoms with E-state index in [4.69, 9.17) is 18.9 Å². The van der Waals surface area contributed by atoms with Crippen molar-refractivity contribution in [2.45, 2.75) is 19.4 Å². The summed E-state index contributed by atoms with van der Waals surface area (Å²) < 4.78 is 21.5. The molecule has 1 rings (SSSR count). The second-order valence-electron chi connectivity index (χ2n) is 3.33. The summed E-state index contributed by atoms with van der Waals surface area (Å²) in [5.41, 5.74) is 0. The predicted molar refractivity (Wildman–Crippen MR) is 52.5 cm³/mol. The number of hydrogen-bond acceptors (Lipinski definition) is 4. The molecule has 1 aliphatic heterocycles. The molecule has 0 aromatic rings. The van der Waals surface area contributed by atoms with Crippen molar-refractivity contribution < 1.29 is 18.9 Å². The fourth-order valence-electron chi connectivity index (χ4n) is 1.19. The van der Waals surface area contributed by atoms with Crippen molar-refractivity contribution in [2.24, 2.45) is 0 Å². The average Bonchev–Trinajstić information content (AvgIpc) is 2.20. The quantitative estimate of drug-likeness (QED) is 0.586. The summed E-state index contributed by atoms with van der Waals surface area (Å²) in [6.45, 7) is 6.73. The molecule has 0 radical (unpaired) electrons. The average molecular weight is 204 g/mol. The van der Waals surface area contributed by atoms with E-state index in [-0.39, 0.29) is 6.10 Å². The van der Waals surface area contributed by atoms with Gasteiger partial charge in [-0.25, -0.2) is 0 Å². The van der Waals surface area contributed by atoms with Crippen molar-refractivity contribution in [3.63, 3.8) is 0 Å². The van der Waals surface area contributed by atoms with Crippen LogP contribution in [0.15, 0.2) is 0 Å². The third kappa shape index (κ3) is 6.32. The van der Waals surface area contributed by atoms with Crippen LogP contribution in [0.3, 0.4) is 0 Å². The first-order valence-corrected chi connectivity index (χ1v) is 5.24. The molecular weight excluding hydrogens is 184 g/mol. The van der Waals surface area contributed by atoms with E-state index in [1.807, 2.05) is 6.92 Å². The van der Waals surface area contributed by atoms with Crippen molar-refractivity contribution in [3.05, 3.63) is 0 Å². The summed E-state index contributed by atoms with van der Waals surface area (Å²) in [5, 5.41) is 0. The summed E-state index contributed by atoms with van der Waals surface area (Å²) in [5.74, 6) is 0. The smallest absolute Gasteiger partial charge is 0.0781 e. The molecule has 0 aliphatic carbocycles. The highest BCUT2D eigenvalue weighted by atomic mass is 16.6. The molecule has 4 nitrogen and oxygen atoms in total. The molecule has 0 saturated carbocycles. The van der Waals surface area contributed by atoms with Gasteiger partial charge in [-0.15, -0.1) is 0 Å². The Morgan fingerprint density at radius 3 is 2.29 bits per heavy atom. The Morgan fingerprint density at radius 2 is 1.43 bits per heavy atom. The van der Waals surface area contributed by atoms with Crippen LogP contribution < -0.4 is 0 Å². The Hall–Kier alpha value is -0.160. The van der Waals surface area contributed by atoms with Gasteiger partial charge in [0.2, 0.25) is 0 Å². The fourth-order valence-corrected chi connectivity index (χ4v) is 1.19. The largest absolute Gasteiger partial charge is 0.379 e. The molecule has 4 heteroatoms. The van der Waals surface area contributed by atoms with E-state index in [0.717, 1.165) is 19.6 Å². The first-order valence-electron chi connectivity index (χ1n) is 5.24. The van der Waals surface area contributed by atoms with E-state index in [1.165, 1.54) is 0 Å². The van der Waals surface area contributed by atoms with Gasteiger partial charge in [0.05, 0.1) is 39.1 Å². The first kappa shape index (κ1) is 11.9. The lowest BCUT2D eigenvalue weighted by atomic mass is 10.4. The molecule has 84 valence electrons. The Bertz CT molecular complexity index is 115. The van der Waals surface area contributed by atoms with Crippen molar-refractivity contribution in [3.8, 4) is 0 Å². The zero-order chi connectivity index (χ0) is 10.1. The van der Waals surface area contributed by atoms with E-state index >= 15 is 0 Å². The first-order chi connectivity index (χ1) is 6.89. The molecular formula is C10H20O4. The Morgan fingerprint density at radius 1 is 0.786 bits per heavy atom. The third-order valence-electron chi connectivity index (χ3n) is 1.93. The highest BCUT2D eigenvalue weighted by Gasteiger charge is 2.02. The Labute approximate surface area is 85.5 Å². The Kier molecular flexibility index (Phi) is 6.95. The minimum atomic E-state index is 0.153. The molecule has 1 unspecified atom stereocenters. The van der Waals surface area contributed by atoms with Crippen LogP contribution in [0, 0.1) is 0 Å². The molecule has 1 heterocycles. The third-order valence-corrected chi connectivity index (χ3v) is 1.93. The highest BCUT2D eigenvalue weighted by Crippen LogP contribution is 1.95. The lowest BCUT2D eigenvalue weighted by molar-refractivity contribution is -0.0288. The van der Waals surface area contributed by atoms with Crippen LogP contribution in [0.5, 0.6) is 0 Å². The zero-order valence-electron chi connectivity index (χ0n) is 8.87. The molecule has 0 bridgehead atoms. The molecule has 0 N–H and O–H groups in total. The molecule has 14 heavy (non-hydrogen) atoms. The van der Waals surface area contributed by atoms with Gasteiger partial charge in [-0.2, -0.15) is 0 Å². The van der Waals surface area contributed by atoms with Crippen LogP contribution in [0.25, 0.3) is 0 Å². The van der Waals surface area contributed by atoms with Gasteiger partial charge in [-0.05, 0) is 13.3 Å². The lowest BCUT2D eigenvalue weighted by Crippen LogP contribution is -2.19. The number of rotatable bonds is 0. The van der Waals surface area contributed by atoms with Gasteiger partial charge >= 0.3 is 0 Å². The van der Waals surface area contributed by atoms with Crippen molar-refractivity contribution in [1.29, 1.82) is 0 Å². The van der Waals surface area contributed by atoms with E-state index in [1.54, 1.807) is 0 Å². The lowest BCUT2D eigenvalue weighted by Gasteiger charge is -2.12. The summed E-state index contributed by atoms with van der Waals surface area (Å²) >= 11 is 0. The maximum absolute atomic E-state index is 5.46. The van der Waals surface area contributed by atoms with Crippen LogP contribution in [0.1, 0.15) is 13.3 Å². The standard InChI is InChI=1S/C10H20O4/c1-10-9-13-4-2-3-11-5-6-12-7-8-14-10/h10H,2-9H2,1H3. The van der Waals surface area contributed by atoms with Gasteiger partial charge in [-0.3, -0.25) is 0 Å². The monoisotopic (exact) mass is 204 g/mol. The maximum atomic E-state index is 5.46. The van der Waals surface area contributed by atoms with E-state index < -0.39 is 0 Å². The van der Waals surface area contributed by atoms with Crippen LogP contribution in [-0.2, 0) is 18.9 Å². The summed E-state index contributed by atoms with van der Waals surface area (Å²) in [7, 11) is 0. The Balaban J connectivity index is 2.12. The van der Waals surface area contributed by atoms with E-state index in [2.05, 4.69) is 0 Å². The molecule has 0 amide bonds. The molecule has 1 atom stereocenters. The molecule has 1 aliphatic rings. The van der Waals surface area contributed by atoms with E-state index in [0.29, 0.717) is 33.0 Å². The molecule has 0 spiro atoms. The van der Waals surface area contributed by atoms with Gasteiger partial charge in [-0.1, -0.05) is 0 Å². The van der Waals surface area contributed by atoms with Crippen molar-refractivity contribution in [1.82, 2.24) is 0 Å². The van der Waals surface area contributed by atoms with Gasteiger partial charge in [0.15, 0.2) is 0 Å².